The summed E-state index contributed by atoms with van der Waals surface area (Å²) in [6.45, 7) is -0.660. The molecule has 0 aliphatic heterocycles. The largest absolute Gasteiger partial charge is 0.516 e. The molecule has 10 heteroatoms. The maximum atomic E-state index is 12.5. The van der Waals surface area contributed by atoms with Gasteiger partial charge in [-0.2, -0.15) is 0 Å². The van der Waals surface area contributed by atoms with Gasteiger partial charge in [0.15, 0.2) is 6.10 Å². The molecule has 0 bridgehead atoms. The Morgan fingerprint density at radius 2 is 1.52 bits per heavy atom. The molecule has 29 heavy (non-hydrogen) atoms. The van der Waals surface area contributed by atoms with Gasteiger partial charge in [-0.25, -0.2) is 9.59 Å². The lowest BCUT2D eigenvalue weighted by Gasteiger charge is -2.23. The van der Waals surface area contributed by atoms with E-state index in [9.17, 15) is 19.5 Å². The van der Waals surface area contributed by atoms with Crippen LogP contribution in [0, 0.1) is 0 Å². The molecule has 0 saturated heterocycles. The third kappa shape index (κ3) is 7.55. The molecule has 0 spiro atoms. The van der Waals surface area contributed by atoms with E-state index in [1.54, 1.807) is 60.7 Å². The van der Waals surface area contributed by atoms with Gasteiger partial charge in [0.05, 0.1) is 6.04 Å². The molecule has 2 N–H and O–H groups in total. The van der Waals surface area contributed by atoms with E-state index < -0.39 is 40.6 Å². The fourth-order valence-electron chi connectivity index (χ4n) is 2.27. The number of aliphatic hydroxyl groups is 1. The highest BCUT2D eigenvalue weighted by Crippen LogP contribution is 2.26. The summed E-state index contributed by atoms with van der Waals surface area (Å²) in [5, 5.41) is 13.0. The van der Waals surface area contributed by atoms with Crippen molar-refractivity contribution in [2.45, 2.75) is 15.9 Å². The zero-order valence-corrected chi connectivity index (χ0v) is 17.0. The van der Waals surface area contributed by atoms with Crippen LogP contribution in [0.4, 0.5) is 4.79 Å². The van der Waals surface area contributed by atoms with Crippen LogP contribution in [0.3, 0.4) is 0 Å². The minimum atomic E-state index is -1.91. The van der Waals surface area contributed by atoms with E-state index in [-0.39, 0.29) is 0 Å². The monoisotopic (exact) mass is 459 g/mol. The molecule has 2 aromatic carbocycles. The van der Waals surface area contributed by atoms with Gasteiger partial charge in [-0.3, -0.25) is 4.79 Å². The molecular formula is C19H16Cl3NO6. The normalized spacial score (nSPS) is 13.1. The van der Waals surface area contributed by atoms with Gasteiger partial charge in [-0.15, -0.1) is 0 Å². The number of esters is 1. The first kappa shape index (κ1) is 23.0. The molecule has 1 amide bonds. The van der Waals surface area contributed by atoms with Gasteiger partial charge in [-0.05, 0) is 17.7 Å². The molecule has 0 aliphatic rings. The summed E-state index contributed by atoms with van der Waals surface area (Å²) >= 11 is 16.3. The summed E-state index contributed by atoms with van der Waals surface area (Å²) in [5.41, 5.74) is 0.729. The third-order valence-electron chi connectivity index (χ3n) is 3.58. The summed E-state index contributed by atoms with van der Waals surface area (Å²) < 4.78 is 7.01. The molecule has 2 atom stereocenters. The Kier molecular flexibility index (Phi) is 8.28. The number of halogens is 3. The van der Waals surface area contributed by atoms with E-state index in [0.717, 1.165) is 0 Å². The number of carbonyl (C=O) groups is 3. The molecule has 0 aromatic heterocycles. The zero-order valence-electron chi connectivity index (χ0n) is 14.8. The van der Waals surface area contributed by atoms with E-state index in [1.807, 2.05) is 0 Å². The number of ether oxygens (including phenoxy) is 2. The highest BCUT2D eigenvalue weighted by atomic mass is 35.6. The maximum absolute atomic E-state index is 12.5. The summed E-state index contributed by atoms with van der Waals surface area (Å²) in [4.78, 5) is 36.2. The fourth-order valence-corrected chi connectivity index (χ4v) is 2.43. The number of amides is 1. The van der Waals surface area contributed by atoms with Crippen molar-refractivity contribution in [1.82, 2.24) is 5.32 Å². The van der Waals surface area contributed by atoms with Gasteiger partial charge in [0.1, 0.15) is 6.61 Å². The number of alkyl halides is 3. The van der Waals surface area contributed by atoms with Crippen LogP contribution < -0.4 is 5.32 Å². The molecule has 0 aliphatic carbocycles. The standard InChI is InChI=1S/C19H16Cl3NO6/c20-19(21,22)11-28-18(27)29-17(26)15(24)14(12-7-3-1-4-8-12)23-16(25)13-9-5-2-6-10-13/h1-10,14-15,24H,11H2,(H,23,25)/t14-,15+/m0/s1. The molecule has 0 heterocycles. The third-order valence-corrected chi connectivity index (χ3v) is 3.90. The lowest BCUT2D eigenvalue weighted by atomic mass is 10.0. The molecule has 154 valence electrons. The Balaban J connectivity index is 2.12. The number of carbonyl (C=O) groups excluding carboxylic acids is 3. The van der Waals surface area contributed by atoms with Crippen LogP contribution >= 0.6 is 34.8 Å². The van der Waals surface area contributed by atoms with Gasteiger partial charge >= 0.3 is 12.1 Å². The van der Waals surface area contributed by atoms with Crippen molar-refractivity contribution >= 4 is 52.8 Å². The second-order valence-corrected chi connectivity index (χ2v) is 8.26. The van der Waals surface area contributed by atoms with E-state index in [2.05, 4.69) is 14.8 Å². The Hall–Kier alpha value is -2.32. The number of nitrogens with one attached hydrogen (secondary N) is 1. The average Bonchev–Trinajstić information content (AvgIpc) is 2.70. The summed E-state index contributed by atoms with van der Waals surface area (Å²) in [6, 6.07) is 15.2. The first-order valence-electron chi connectivity index (χ1n) is 8.21. The van der Waals surface area contributed by atoms with Crippen molar-refractivity contribution < 1.29 is 29.0 Å². The molecule has 0 unspecified atom stereocenters. The van der Waals surface area contributed by atoms with Crippen LogP contribution in [0.25, 0.3) is 0 Å². The topological polar surface area (TPSA) is 102 Å². The minimum absolute atomic E-state index is 0.316. The Labute approximate surface area is 181 Å². The molecule has 2 aromatic rings. The number of rotatable bonds is 6. The molecule has 2 rings (SSSR count). The molecule has 0 fully saturated rings. The van der Waals surface area contributed by atoms with Gasteiger partial charge in [-0.1, -0.05) is 83.3 Å². The van der Waals surface area contributed by atoms with Gasteiger partial charge in [0.2, 0.25) is 3.79 Å². The van der Waals surface area contributed by atoms with Crippen LogP contribution in [0.2, 0.25) is 0 Å². The van der Waals surface area contributed by atoms with Crippen molar-refractivity contribution in [3.63, 3.8) is 0 Å². The molecule has 0 radical (unpaired) electrons. The maximum Gasteiger partial charge on any atom is 0.516 e. The molecular weight excluding hydrogens is 445 g/mol. The minimum Gasteiger partial charge on any atom is -0.429 e. The second kappa shape index (κ2) is 10.5. The van der Waals surface area contributed by atoms with Gasteiger partial charge < -0.3 is 19.9 Å². The van der Waals surface area contributed by atoms with E-state index in [0.29, 0.717) is 11.1 Å². The number of hydrogen-bond acceptors (Lipinski definition) is 6. The van der Waals surface area contributed by atoms with Crippen molar-refractivity contribution in [3.8, 4) is 0 Å². The lowest BCUT2D eigenvalue weighted by Crippen LogP contribution is -2.41. The number of aliphatic hydroxyl groups excluding tert-OH is 1. The van der Waals surface area contributed by atoms with Crippen LogP contribution in [-0.2, 0) is 14.3 Å². The van der Waals surface area contributed by atoms with Crippen molar-refractivity contribution in [2.75, 3.05) is 6.61 Å². The second-order valence-electron chi connectivity index (χ2n) is 5.75. The van der Waals surface area contributed by atoms with Crippen LogP contribution in [0.15, 0.2) is 60.7 Å². The van der Waals surface area contributed by atoms with E-state index >= 15 is 0 Å². The molecule has 0 saturated carbocycles. The highest BCUT2D eigenvalue weighted by Gasteiger charge is 2.33. The van der Waals surface area contributed by atoms with Crippen molar-refractivity contribution in [1.29, 1.82) is 0 Å². The molecule has 7 nitrogen and oxygen atoms in total. The van der Waals surface area contributed by atoms with E-state index in [4.69, 9.17) is 34.8 Å². The van der Waals surface area contributed by atoms with Crippen molar-refractivity contribution in [2.24, 2.45) is 0 Å². The van der Waals surface area contributed by atoms with Gasteiger partial charge in [0.25, 0.3) is 5.91 Å². The quantitative estimate of drug-likeness (QED) is 0.388. The fraction of sp³-hybridized carbons (Fsp3) is 0.211. The average molecular weight is 461 g/mol. The van der Waals surface area contributed by atoms with E-state index in [1.165, 1.54) is 0 Å². The zero-order chi connectivity index (χ0) is 21.4. The van der Waals surface area contributed by atoms with Gasteiger partial charge in [0, 0.05) is 5.56 Å². The van der Waals surface area contributed by atoms with Crippen LogP contribution in [-0.4, -0.2) is 39.6 Å². The highest BCUT2D eigenvalue weighted by molar-refractivity contribution is 6.67. The lowest BCUT2D eigenvalue weighted by molar-refractivity contribution is -0.150. The number of benzene rings is 2. The predicted molar refractivity (Wildman–Crippen MR) is 107 cm³/mol. The number of hydrogen-bond donors (Lipinski definition) is 2. The Bertz CT molecular complexity index is 842. The Morgan fingerprint density at radius 1 is 0.966 bits per heavy atom. The smallest absolute Gasteiger partial charge is 0.429 e. The predicted octanol–water partition coefficient (Wildman–Crippen LogP) is 3.57. The Morgan fingerprint density at radius 3 is 2.07 bits per heavy atom. The van der Waals surface area contributed by atoms with Crippen molar-refractivity contribution in [3.05, 3.63) is 71.8 Å². The van der Waals surface area contributed by atoms with Crippen LogP contribution in [0.5, 0.6) is 0 Å². The summed E-state index contributed by atoms with van der Waals surface area (Å²) in [5.74, 6) is -1.88. The summed E-state index contributed by atoms with van der Waals surface area (Å²) in [6.07, 6.45) is -3.37. The first-order chi connectivity index (χ1) is 13.7. The summed E-state index contributed by atoms with van der Waals surface area (Å²) in [7, 11) is 0. The first-order valence-corrected chi connectivity index (χ1v) is 9.35. The van der Waals surface area contributed by atoms with Crippen LogP contribution in [0.1, 0.15) is 22.0 Å². The SMILES string of the molecule is O=C(OCC(Cl)(Cl)Cl)OC(=O)[C@H](O)[C@@H](NC(=O)c1ccccc1)c1ccccc1.